The molecule has 2 atom stereocenters. The average Bonchev–Trinajstić information content (AvgIpc) is 3.09. The van der Waals surface area contributed by atoms with Crippen LogP contribution in [-0.2, 0) is 14.3 Å². The summed E-state index contributed by atoms with van der Waals surface area (Å²) < 4.78 is 14.6. The third-order valence-electron chi connectivity index (χ3n) is 2.25. The van der Waals surface area contributed by atoms with Gasteiger partial charge in [-0.15, -0.1) is 0 Å². The molecule has 1 fully saturated rings. The van der Waals surface area contributed by atoms with Crippen molar-refractivity contribution in [2.75, 3.05) is 7.11 Å². The maximum atomic E-state index is 11.5. The molecule has 6 nitrogen and oxygen atoms in total. The van der Waals surface area contributed by atoms with Gasteiger partial charge in [-0.05, 0) is 12.1 Å². The molecule has 1 aliphatic rings. The van der Waals surface area contributed by atoms with Gasteiger partial charge in [-0.1, -0.05) is 12.1 Å². The Balaban J connectivity index is 2.02. The first-order chi connectivity index (χ1) is 8.13. The number of para-hydroxylation sites is 2. The van der Waals surface area contributed by atoms with Gasteiger partial charge in [0.05, 0.1) is 7.11 Å². The highest BCUT2D eigenvalue weighted by Gasteiger charge is 2.52. The second-order valence-electron chi connectivity index (χ2n) is 3.39. The number of epoxide rings is 1. The summed E-state index contributed by atoms with van der Waals surface area (Å²) in [6.45, 7) is 0. The van der Waals surface area contributed by atoms with Crippen LogP contribution in [0.5, 0.6) is 11.5 Å². The summed E-state index contributed by atoms with van der Waals surface area (Å²) in [6.07, 6.45) is -2.13. The molecule has 90 valence electrons. The summed E-state index contributed by atoms with van der Waals surface area (Å²) in [6, 6.07) is 6.58. The molecule has 0 saturated carbocycles. The molecule has 2 rings (SSSR count). The van der Waals surface area contributed by atoms with Crippen molar-refractivity contribution in [3.05, 3.63) is 24.3 Å². The molecule has 0 unspecified atom stereocenters. The first-order valence-corrected chi connectivity index (χ1v) is 4.86. The predicted molar refractivity (Wildman–Crippen MR) is 54.9 cm³/mol. The van der Waals surface area contributed by atoms with Crippen molar-refractivity contribution >= 4 is 11.9 Å². The average molecular weight is 238 g/mol. The van der Waals surface area contributed by atoms with Gasteiger partial charge < -0.3 is 19.3 Å². The lowest BCUT2D eigenvalue weighted by Gasteiger charge is -2.07. The predicted octanol–water partition coefficient (Wildman–Crippen LogP) is 0.453. The lowest BCUT2D eigenvalue weighted by Crippen LogP contribution is -2.20. The van der Waals surface area contributed by atoms with E-state index in [2.05, 4.69) is 4.74 Å². The Labute approximate surface area is 96.7 Å². The van der Waals surface area contributed by atoms with Crippen molar-refractivity contribution in [2.24, 2.45) is 0 Å². The van der Waals surface area contributed by atoms with Crippen molar-refractivity contribution in [3.63, 3.8) is 0 Å². The molecule has 0 aromatic heterocycles. The number of carboxylic acids is 1. The molecule has 1 aromatic rings. The molecule has 0 amide bonds. The zero-order valence-electron chi connectivity index (χ0n) is 8.95. The van der Waals surface area contributed by atoms with E-state index in [-0.39, 0.29) is 5.75 Å². The van der Waals surface area contributed by atoms with Gasteiger partial charge in [-0.2, -0.15) is 0 Å². The van der Waals surface area contributed by atoms with E-state index < -0.39 is 24.1 Å². The summed E-state index contributed by atoms with van der Waals surface area (Å²) in [5.41, 5.74) is 0. The van der Waals surface area contributed by atoms with Gasteiger partial charge >= 0.3 is 11.9 Å². The van der Waals surface area contributed by atoms with Crippen molar-refractivity contribution in [1.82, 2.24) is 0 Å². The van der Waals surface area contributed by atoms with E-state index in [1.54, 1.807) is 24.3 Å². The van der Waals surface area contributed by atoms with Crippen molar-refractivity contribution < 1.29 is 28.9 Å². The highest BCUT2D eigenvalue weighted by Crippen LogP contribution is 2.29. The quantitative estimate of drug-likeness (QED) is 0.465. The van der Waals surface area contributed by atoms with Crippen LogP contribution in [0.1, 0.15) is 0 Å². The number of ether oxygens (including phenoxy) is 3. The standard InChI is InChI=1S/C11H10O6/c1-15-6-4-2-3-5-7(6)16-11(14)9-8(17-9)10(12)13/h2-5,8-9H,1H3,(H,12,13)/t8-,9+/m1/s1. The van der Waals surface area contributed by atoms with Crippen LogP contribution in [0.2, 0.25) is 0 Å². The van der Waals surface area contributed by atoms with Crippen molar-refractivity contribution in [3.8, 4) is 11.5 Å². The van der Waals surface area contributed by atoms with Crippen LogP contribution in [0.25, 0.3) is 0 Å². The van der Waals surface area contributed by atoms with Gasteiger partial charge in [0.1, 0.15) is 0 Å². The number of esters is 1. The number of carbonyl (C=O) groups is 2. The van der Waals surface area contributed by atoms with Crippen LogP contribution in [0, 0.1) is 0 Å². The van der Waals surface area contributed by atoms with Crippen molar-refractivity contribution in [1.29, 1.82) is 0 Å². The maximum Gasteiger partial charge on any atom is 0.344 e. The van der Waals surface area contributed by atoms with Crippen molar-refractivity contribution in [2.45, 2.75) is 12.2 Å². The summed E-state index contributed by atoms with van der Waals surface area (Å²) in [5.74, 6) is -1.28. The third kappa shape index (κ3) is 2.36. The van der Waals surface area contributed by atoms with Crippen LogP contribution in [0.15, 0.2) is 24.3 Å². The highest BCUT2D eigenvalue weighted by atomic mass is 16.7. The fourth-order valence-electron chi connectivity index (χ4n) is 1.35. The van der Waals surface area contributed by atoms with Crippen LogP contribution in [-0.4, -0.2) is 36.4 Å². The van der Waals surface area contributed by atoms with E-state index in [0.717, 1.165) is 0 Å². The zero-order chi connectivity index (χ0) is 12.4. The minimum absolute atomic E-state index is 0.236. The fraction of sp³-hybridized carbons (Fsp3) is 0.273. The Morgan fingerprint density at radius 1 is 1.24 bits per heavy atom. The summed E-state index contributed by atoms with van der Waals surface area (Å²) >= 11 is 0. The molecule has 1 aromatic carbocycles. The number of methoxy groups -OCH3 is 1. The summed E-state index contributed by atoms with van der Waals surface area (Å²) in [5, 5.41) is 8.58. The maximum absolute atomic E-state index is 11.5. The van der Waals surface area contributed by atoms with Crippen LogP contribution >= 0.6 is 0 Å². The highest BCUT2D eigenvalue weighted by molar-refractivity contribution is 5.90. The smallest absolute Gasteiger partial charge is 0.344 e. The van der Waals surface area contributed by atoms with Crippen LogP contribution < -0.4 is 9.47 Å². The number of hydrogen-bond donors (Lipinski definition) is 1. The molecular formula is C11H10O6. The SMILES string of the molecule is COc1ccccc1OC(=O)[C@H]1O[C@H]1C(=O)O. The number of carboxylic acid groups (broad SMARTS) is 1. The Kier molecular flexibility index (Phi) is 2.97. The molecule has 0 bridgehead atoms. The zero-order valence-corrected chi connectivity index (χ0v) is 8.95. The number of rotatable bonds is 4. The first-order valence-electron chi connectivity index (χ1n) is 4.86. The van der Waals surface area contributed by atoms with Gasteiger partial charge in [0.25, 0.3) is 0 Å². The van der Waals surface area contributed by atoms with Gasteiger partial charge in [-0.25, -0.2) is 9.59 Å². The van der Waals surface area contributed by atoms with Crippen LogP contribution in [0.4, 0.5) is 0 Å². The minimum atomic E-state index is -1.17. The second kappa shape index (κ2) is 4.42. The van der Waals surface area contributed by atoms with E-state index in [0.29, 0.717) is 5.75 Å². The molecule has 1 heterocycles. The Hall–Kier alpha value is -2.08. The molecular weight excluding hydrogens is 228 g/mol. The van der Waals surface area contributed by atoms with Crippen LogP contribution in [0.3, 0.4) is 0 Å². The second-order valence-corrected chi connectivity index (χ2v) is 3.39. The van der Waals surface area contributed by atoms with E-state index >= 15 is 0 Å². The van der Waals surface area contributed by atoms with Gasteiger partial charge in [-0.3, -0.25) is 0 Å². The molecule has 1 aliphatic heterocycles. The lowest BCUT2D eigenvalue weighted by molar-refractivity contribution is -0.139. The lowest BCUT2D eigenvalue weighted by atomic mass is 10.3. The topological polar surface area (TPSA) is 85.4 Å². The van der Waals surface area contributed by atoms with E-state index in [9.17, 15) is 9.59 Å². The van der Waals surface area contributed by atoms with Gasteiger partial charge in [0.15, 0.2) is 23.7 Å². The van der Waals surface area contributed by atoms with Gasteiger partial charge in [0, 0.05) is 0 Å². The molecule has 6 heteroatoms. The molecule has 1 saturated heterocycles. The molecule has 17 heavy (non-hydrogen) atoms. The third-order valence-corrected chi connectivity index (χ3v) is 2.25. The van der Waals surface area contributed by atoms with E-state index in [4.69, 9.17) is 14.6 Å². The number of hydrogen-bond acceptors (Lipinski definition) is 5. The number of carbonyl (C=O) groups excluding carboxylic acids is 1. The normalized spacial score (nSPS) is 21.7. The Morgan fingerprint density at radius 3 is 2.41 bits per heavy atom. The van der Waals surface area contributed by atoms with E-state index in [1.807, 2.05) is 0 Å². The Bertz CT molecular complexity index is 455. The molecule has 0 aliphatic carbocycles. The molecule has 0 spiro atoms. The molecule has 0 radical (unpaired) electrons. The molecule has 1 N–H and O–H groups in total. The monoisotopic (exact) mass is 238 g/mol. The minimum Gasteiger partial charge on any atom is -0.493 e. The van der Waals surface area contributed by atoms with Gasteiger partial charge in [0.2, 0.25) is 0 Å². The number of aliphatic carboxylic acids is 1. The fourth-order valence-corrected chi connectivity index (χ4v) is 1.35. The first kappa shape index (κ1) is 11.4. The summed E-state index contributed by atoms with van der Waals surface area (Å²) in [7, 11) is 1.44. The largest absolute Gasteiger partial charge is 0.493 e. The Morgan fingerprint density at radius 2 is 1.88 bits per heavy atom. The van der Waals surface area contributed by atoms with E-state index in [1.165, 1.54) is 7.11 Å². The number of benzene rings is 1. The summed E-state index contributed by atoms with van der Waals surface area (Å²) in [4.78, 5) is 22.0.